The van der Waals surface area contributed by atoms with Gasteiger partial charge in [0.2, 0.25) is 0 Å². The number of carbonyl (C=O) groups excluding carboxylic acids is 1. The minimum Gasteiger partial charge on any atom is -0.464 e. The molecule has 0 radical (unpaired) electrons. The van der Waals surface area contributed by atoms with Gasteiger partial charge in [0.25, 0.3) is 0 Å². The Balaban J connectivity index is 1.62. The van der Waals surface area contributed by atoms with Gasteiger partial charge in [-0.15, -0.1) is 0 Å². The largest absolute Gasteiger partial charge is 0.464 e. The van der Waals surface area contributed by atoms with E-state index >= 15 is 0 Å². The van der Waals surface area contributed by atoms with Crippen molar-refractivity contribution in [2.45, 2.75) is 38.6 Å². The predicted molar refractivity (Wildman–Crippen MR) is 115 cm³/mol. The Morgan fingerprint density at radius 1 is 0.931 bits per heavy atom. The van der Waals surface area contributed by atoms with E-state index in [4.69, 9.17) is 4.42 Å². The van der Waals surface area contributed by atoms with Crippen LogP contribution in [0.3, 0.4) is 0 Å². The third-order valence-corrected chi connectivity index (χ3v) is 5.87. The van der Waals surface area contributed by atoms with Gasteiger partial charge in [0.05, 0.1) is 11.4 Å². The van der Waals surface area contributed by atoms with Crippen LogP contribution in [0.5, 0.6) is 0 Å². The highest BCUT2D eigenvalue weighted by Crippen LogP contribution is 2.44. The first-order valence-corrected chi connectivity index (χ1v) is 10.1. The lowest BCUT2D eigenvalue weighted by Crippen LogP contribution is -2.26. The van der Waals surface area contributed by atoms with Gasteiger partial charge >= 0.3 is 0 Å². The van der Waals surface area contributed by atoms with Crippen molar-refractivity contribution < 1.29 is 9.21 Å². The molecule has 0 amide bonds. The van der Waals surface area contributed by atoms with Crippen LogP contribution in [0.2, 0.25) is 0 Å². The van der Waals surface area contributed by atoms with Gasteiger partial charge in [-0.25, -0.2) is 0 Å². The van der Waals surface area contributed by atoms with Gasteiger partial charge in [0.1, 0.15) is 17.6 Å². The molecule has 2 N–H and O–H groups in total. The maximum atomic E-state index is 13.4. The van der Waals surface area contributed by atoms with Crippen LogP contribution in [0.4, 0.5) is 11.4 Å². The van der Waals surface area contributed by atoms with Crippen LogP contribution in [-0.4, -0.2) is 5.78 Å². The van der Waals surface area contributed by atoms with E-state index in [9.17, 15) is 4.79 Å². The average Bonchev–Trinajstić information content (AvgIpc) is 3.07. The Kier molecular flexibility index (Phi) is 4.27. The first-order chi connectivity index (χ1) is 14.1. The topological polar surface area (TPSA) is 54.3 Å². The molecule has 5 rings (SSSR count). The molecule has 29 heavy (non-hydrogen) atoms. The molecule has 0 saturated carbocycles. The molecule has 0 spiro atoms. The predicted octanol–water partition coefficient (Wildman–Crippen LogP) is 5.88. The third-order valence-electron chi connectivity index (χ3n) is 5.87. The standard InChI is InChI=1S/C25H24N2O2/c1-15-8-10-19-20(12-15)27-25(23-11-9-16(2)29-23)24-21(26-19)13-18(14-22(24)28)17-6-4-3-5-7-17/h3-12,18,25-27H,13-14H2,1-2H3/t18-,25-/m1/s1. The molecule has 0 saturated heterocycles. The zero-order chi connectivity index (χ0) is 20.0. The zero-order valence-electron chi connectivity index (χ0n) is 16.7. The molecule has 4 nitrogen and oxygen atoms in total. The molecule has 0 unspecified atom stereocenters. The quantitative estimate of drug-likeness (QED) is 0.580. The van der Waals surface area contributed by atoms with Gasteiger partial charge in [-0.1, -0.05) is 36.4 Å². The summed E-state index contributed by atoms with van der Waals surface area (Å²) in [5.74, 6) is 1.97. The molecule has 2 atom stereocenters. The van der Waals surface area contributed by atoms with E-state index < -0.39 is 0 Å². The fourth-order valence-corrected chi connectivity index (χ4v) is 4.44. The third kappa shape index (κ3) is 3.25. The fraction of sp³-hybridized carbons (Fsp3) is 0.240. The van der Waals surface area contributed by atoms with E-state index in [1.54, 1.807) is 0 Å². The highest BCUT2D eigenvalue weighted by Gasteiger charge is 2.37. The molecule has 4 heteroatoms. The number of anilines is 2. The normalized spacial score (nSPS) is 21.0. The van der Waals surface area contributed by atoms with E-state index in [0.717, 1.165) is 40.6 Å². The highest BCUT2D eigenvalue weighted by molar-refractivity contribution is 6.01. The molecule has 2 aliphatic rings. The van der Waals surface area contributed by atoms with E-state index in [1.165, 1.54) is 11.1 Å². The molecule has 0 bridgehead atoms. The summed E-state index contributed by atoms with van der Waals surface area (Å²) < 4.78 is 5.96. The molecule has 1 aromatic heterocycles. The second-order valence-corrected chi connectivity index (χ2v) is 8.03. The molecule has 2 aromatic carbocycles. The fourth-order valence-electron chi connectivity index (χ4n) is 4.44. The maximum absolute atomic E-state index is 13.4. The second-order valence-electron chi connectivity index (χ2n) is 8.03. The number of hydrogen-bond donors (Lipinski definition) is 2. The molecule has 0 fully saturated rings. The number of rotatable bonds is 2. The maximum Gasteiger partial charge on any atom is 0.163 e. The van der Waals surface area contributed by atoms with Gasteiger partial charge < -0.3 is 15.1 Å². The number of carbonyl (C=O) groups is 1. The van der Waals surface area contributed by atoms with Gasteiger partial charge in [0, 0.05) is 17.7 Å². The number of ketones is 1. The van der Waals surface area contributed by atoms with Crippen LogP contribution in [0.1, 0.15) is 47.4 Å². The monoisotopic (exact) mass is 384 g/mol. The SMILES string of the molecule is Cc1ccc2c(c1)N[C@H](c1ccc(C)o1)C1=C(C[C@@H](c3ccccc3)CC1=O)N2. The van der Waals surface area contributed by atoms with Crippen molar-refractivity contribution in [2.24, 2.45) is 0 Å². The number of Topliss-reactive ketones (excluding diaryl/α,β-unsaturated/α-hetero) is 1. The van der Waals surface area contributed by atoms with Crippen molar-refractivity contribution in [3.05, 3.63) is 94.6 Å². The van der Waals surface area contributed by atoms with Gasteiger partial charge in [0.15, 0.2) is 5.78 Å². The Hall–Kier alpha value is -3.27. The van der Waals surface area contributed by atoms with Crippen molar-refractivity contribution in [3.8, 4) is 0 Å². The summed E-state index contributed by atoms with van der Waals surface area (Å²) in [5.41, 5.74) is 6.14. The van der Waals surface area contributed by atoms with Crippen molar-refractivity contribution in [1.29, 1.82) is 0 Å². The molecule has 1 aliphatic heterocycles. The van der Waals surface area contributed by atoms with Crippen LogP contribution < -0.4 is 10.6 Å². The van der Waals surface area contributed by atoms with Crippen molar-refractivity contribution >= 4 is 17.2 Å². The molecule has 146 valence electrons. The van der Waals surface area contributed by atoms with Crippen molar-refractivity contribution in [1.82, 2.24) is 0 Å². The highest BCUT2D eigenvalue weighted by atomic mass is 16.3. The lowest BCUT2D eigenvalue weighted by atomic mass is 9.79. The Morgan fingerprint density at radius 2 is 1.76 bits per heavy atom. The molecular weight excluding hydrogens is 360 g/mol. The van der Waals surface area contributed by atoms with Crippen LogP contribution in [0, 0.1) is 13.8 Å². The summed E-state index contributed by atoms with van der Waals surface area (Å²) in [6, 6.07) is 20.2. The number of nitrogens with one attached hydrogen (secondary N) is 2. The van der Waals surface area contributed by atoms with Gasteiger partial charge in [-0.2, -0.15) is 0 Å². The Labute approximate surface area is 170 Å². The van der Waals surface area contributed by atoms with E-state index in [-0.39, 0.29) is 17.7 Å². The van der Waals surface area contributed by atoms with Crippen LogP contribution in [0.15, 0.2) is 76.4 Å². The number of hydrogen-bond acceptors (Lipinski definition) is 4. The molecule has 1 aliphatic carbocycles. The average molecular weight is 384 g/mol. The van der Waals surface area contributed by atoms with Crippen LogP contribution in [0.25, 0.3) is 0 Å². The number of furan rings is 1. The second kappa shape index (κ2) is 6.96. The Bertz CT molecular complexity index is 1110. The van der Waals surface area contributed by atoms with Gasteiger partial charge in [-0.05, 0) is 61.6 Å². The first-order valence-electron chi connectivity index (χ1n) is 10.1. The van der Waals surface area contributed by atoms with Gasteiger partial charge in [-0.3, -0.25) is 4.79 Å². The van der Waals surface area contributed by atoms with Crippen molar-refractivity contribution in [2.75, 3.05) is 10.6 Å². The van der Waals surface area contributed by atoms with E-state index in [1.807, 2.05) is 37.3 Å². The number of fused-ring (bicyclic) bond motifs is 1. The van der Waals surface area contributed by atoms with E-state index in [2.05, 4.69) is 47.9 Å². The van der Waals surface area contributed by atoms with E-state index in [0.29, 0.717) is 6.42 Å². The summed E-state index contributed by atoms with van der Waals surface area (Å²) in [7, 11) is 0. The number of allylic oxidation sites excluding steroid dienone is 1. The summed E-state index contributed by atoms with van der Waals surface area (Å²) in [5, 5.41) is 7.16. The molecule has 2 heterocycles. The van der Waals surface area contributed by atoms with Crippen molar-refractivity contribution in [3.63, 3.8) is 0 Å². The lowest BCUT2D eigenvalue weighted by Gasteiger charge is -2.29. The molecular formula is C25H24N2O2. The lowest BCUT2D eigenvalue weighted by molar-refractivity contribution is -0.116. The molecule has 3 aromatic rings. The first kappa shape index (κ1) is 17.8. The van der Waals surface area contributed by atoms with Crippen LogP contribution in [-0.2, 0) is 4.79 Å². The minimum atomic E-state index is -0.293. The Morgan fingerprint density at radius 3 is 2.52 bits per heavy atom. The van der Waals surface area contributed by atoms with Crippen LogP contribution >= 0.6 is 0 Å². The number of benzene rings is 2. The zero-order valence-corrected chi connectivity index (χ0v) is 16.7. The smallest absolute Gasteiger partial charge is 0.163 e. The number of aryl methyl sites for hydroxylation is 2. The summed E-state index contributed by atoms with van der Waals surface area (Å²) >= 11 is 0. The summed E-state index contributed by atoms with van der Waals surface area (Å²) in [6.45, 7) is 4.00. The summed E-state index contributed by atoms with van der Waals surface area (Å²) in [6.07, 6.45) is 1.31. The summed E-state index contributed by atoms with van der Waals surface area (Å²) in [4.78, 5) is 13.4. The minimum absolute atomic E-state index is 0.170.